The number of rotatable bonds is 4. The summed E-state index contributed by atoms with van der Waals surface area (Å²) in [6.07, 6.45) is 2.40. The molecule has 1 aliphatic carbocycles. The van der Waals surface area contributed by atoms with Crippen molar-refractivity contribution in [3.05, 3.63) is 71.9 Å². The summed E-state index contributed by atoms with van der Waals surface area (Å²) < 4.78 is 0. The molecule has 3 aliphatic rings. The van der Waals surface area contributed by atoms with Crippen LogP contribution < -0.4 is 16.0 Å². The van der Waals surface area contributed by atoms with Crippen molar-refractivity contribution >= 4 is 40.4 Å². The molecule has 6 rings (SSSR count). The van der Waals surface area contributed by atoms with E-state index >= 15 is 0 Å². The maximum Gasteiger partial charge on any atom is 0.246 e. The van der Waals surface area contributed by atoms with Gasteiger partial charge in [-0.25, -0.2) is 0 Å². The Balaban J connectivity index is 1.36. The Morgan fingerprint density at radius 1 is 0.911 bits per heavy atom. The van der Waals surface area contributed by atoms with Gasteiger partial charge in [0.25, 0.3) is 0 Å². The molecule has 1 saturated carbocycles. The van der Waals surface area contributed by atoms with Gasteiger partial charge in [-0.05, 0) is 37.0 Å². The van der Waals surface area contributed by atoms with Gasteiger partial charge in [0.15, 0.2) is 0 Å². The van der Waals surface area contributed by atoms with Gasteiger partial charge in [-0.1, -0.05) is 48.5 Å². The van der Waals surface area contributed by atoms with Crippen LogP contribution in [0.1, 0.15) is 43.4 Å². The fourth-order valence-electron chi connectivity index (χ4n) is 6.27. The molecule has 5 N–H and O–H groups in total. The van der Waals surface area contributed by atoms with Crippen LogP contribution in [0.15, 0.2) is 60.8 Å². The molecule has 0 bridgehead atoms. The average molecular weight is 615 g/mol. The van der Waals surface area contributed by atoms with E-state index in [1.54, 1.807) is 13.1 Å². The maximum absolute atomic E-state index is 14.1. The number of aliphatic hydroxyl groups excluding tert-OH is 1. The van der Waals surface area contributed by atoms with E-state index in [9.17, 15) is 29.1 Å². The summed E-state index contributed by atoms with van der Waals surface area (Å²) in [5, 5.41) is 19.9. The van der Waals surface area contributed by atoms with Gasteiger partial charge >= 0.3 is 0 Å². The van der Waals surface area contributed by atoms with E-state index < -0.39 is 53.9 Å². The Morgan fingerprint density at radius 3 is 2.40 bits per heavy atom. The van der Waals surface area contributed by atoms with E-state index in [0.29, 0.717) is 0 Å². The standard InChI is InChI=1S/C33H38N6O6/c1-19-30(42)37-27(20-7-3-2-4-8-20)17-38(32(44)21-11-12-21)18-29(41)36-26(13-22-15-34-25-10-6-5-9-24(22)25)33(45)39-16-23(40)14-28(39)31(43)35-19/h2-10,15,19,21,23,26-28,34,40H,11-14,16-18H2,1H3,(H,35,43)(H,36,41)(H,37,42)/t19-,23+,26+,27-,28-/m0/s1. The highest BCUT2D eigenvalue weighted by atomic mass is 16.3. The van der Waals surface area contributed by atoms with Gasteiger partial charge in [0, 0.05) is 48.9 Å². The van der Waals surface area contributed by atoms with Crippen LogP contribution in [0.25, 0.3) is 10.9 Å². The van der Waals surface area contributed by atoms with E-state index in [1.807, 2.05) is 54.6 Å². The van der Waals surface area contributed by atoms with E-state index in [2.05, 4.69) is 20.9 Å². The minimum Gasteiger partial charge on any atom is -0.391 e. The average Bonchev–Trinajstić information content (AvgIpc) is 3.70. The number of hydrogen-bond acceptors (Lipinski definition) is 6. The normalized spacial score (nSPS) is 26.8. The Labute approximate surface area is 260 Å². The van der Waals surface area contributed by atoms with Crippen LogP contribution in [0, 0.1) is 5.92 Å². The maximum atomic E-state index is 14.1. The molecule has 5 amide bonds. The highest BCUT2D eigenvalue weighted by Gasteiger charge is 2.43. The summed E-state index contributed by atoms with van der Waals surface area (Å²) in [7, 11) is 0. The zero-order chi connectivity index (χ0) is 31.7. The molecular weight excluding hydrogens is 576 g/mol. The first kappa shape index (κ1) is 30.3. The van der Waals surface area contributed by atoms with Gasteiger partial charge in [0.1, 0.15) is 18.1 Å². The van der Waals surface area contributed by atoms with Gasteiger partial charge < -0.3 is 35.8 Å². The Kier molecular flexibility index (Phi) is 8.57. The highest BCUT2D eigenvalue weighted by Crippen LogP contribution is 2.32. The van der Waals surface area contributed by atoms with E-state index in [1.165, 1.54) is 9.80 Å². The molecule has 0 unspecified atom stereocenters. The first-order chi connectivity index (χ1) is 21.7. The van der Waals surface area contributed by atoms with Crippen LogP contribution in [0.2, 0.25) is 0 Å². The molecule has 3 fully saturated rings. The molecule has 2 aliphatic heterocycles. The first-order valence-electron chi connectivity index (χ1n) is 15.4. The number of carbonyl (C=O) groups excluding carboxylic acids is 5. The number of carbonyl (C=O) groups is 5. The van der Waals surface area contributed by atoms with Crippen molar-refractivity contribution in [2.45, 2.75) is 62.9 Å². The van der Waals surface area contributed by atoms with Crippen LogP contribution in [-0.2, 0) is 30.4 Å². The number of aromatic amines is 1. The van der Waals surface area contributed by atoms with Crippen LogP contribution in [0.5, 0.6) is 0 Å². The molecule has 12 heteroatoms. The van der Waals surface area contributed by atoms with Crippen molar-refractivity contribution in [3.63, 3.8) is 0 Å². The Hall–Kier alpha value is -4.71. The zero-order valence-corrected chi connectivity index (χ0v) is 25.1. The third kappa shape index (κ3) is 6.70. The van der Waals surface area contributed by atoms with Gasteiger partial charge in [-0.15, -0.1) is 0 Å². The fraction of sp³-hybridized carbons (Fsp3) is 0.424. The summed E-state index contributed by atoms with van der Waals surface area (Å²) >= 11 is 0. The number of benzene rings is 2. The summed E-state index contributed by atoms with van der Waals surface area (Å²) in [4.78, 5) is 74.1. The van der Waals surface area contributed by atoms with Gasteiger partial charge in [0.05, 0.1) is 18.7 Å². The summed E-state index contributed by atoms with van der Waals surface area (Å²) in [6.45, 7) is 1.16. The fourth-order valence-corrected chi connectivity index (χ4v) is 6.27. The lowest BCUT2D eigenvalue weighted by Crippen LogP contribution is -2.56. The lowest BCUT2D eigenvalue weighted by atomic mass is 10.0. The molecule has 3 heterocycles. The van der Waals surface area contributed by atoms with Crippen molar-refractivity contribution in [1.82, 2.24) is 30.7 Å². The third-order valence-electron chi connectivity index (χ3n) is 8.84. The molecule has 0 radical (unpaired) electrons. The van der Waals surface area contributed by atoms with E-state index in [0.717, 1.165) is 34.9 Å². The Bertz CT molecular complexity index is 1600. The third-order valence-corrected chi connectivity index (χ3v) is 8.84. The predicted molar refractivity (Wildman–Crippen MR) is 164 cm³/mol. The van der Waals surface area contributed by atoms with Crippen LogP contribution in [-0.4, -0.2) is 93.3 Å². The van der Waals surface area contributed by atoms with Crippen molar-refractivity contribution in [1.29, 1.82) is 0 Å². The van der Waals surface area contributed by atoms with Crippen molar-refractivity contribution in [3.8, 4) is 0 Å². The quantitative estimate of drug-likeness (QED) is 0.292. The van der Waals surface area contributed by atoms with Gasteiger partial charge in [-0.2, -0.15) is 0 Å². The Morgan fingerprint density at radius 2 is 1.64 bits per heavy atom. The number of amides is 5. The predicted octanol–water partition coefficient (Wildman–Crippen LogP) is 0.771. The smallest absolute Gasteiger partial charge is 0.246 e. The molecule has 1 aromatic heterocycles. The molecule has 236 valence electrons. The van der Waals surface area contributed by atoms with Gasteiger partial charge in [-0.3, -0.25) is 24.0 Å². The number of H-pyrrole nitrogens is 1. The second kappa shape index (κ2) is 12.7. The minimum atomic E-state index is -1.08. The number of aliphatic hydroxyl groups is 1. The molecule has 2 saturated heterocycles. The van der Waals surface area contributed by atoms with Crippen LogP contribution in [0.4, 0.5) is 0 Å². The number of para-hydroxylation sites is 1. The van der Waals surface area contributed by atoms with E-state index in [4.69, 9.17) is 0 Å². The molecule has 12 nitrogen and oxygen atoms in total. The second-order valence-electron chi connectivity index (χ2n) is 12.3. The number of nitrogens with one attached hydrogen (secondary N) is 4. The lowest BCUT2D eigenvalue weighted by Gasteiger charge is -2.30. The molecule has 2 aromatic carbocycles. The minimum absolute atomic E-state index is 0.00400. The molecular formula is C33H38N6O6. The number of aromatic nitrogens is 1. The molecule has 45 heavy (non-hydrogen) atoms. The van der Waals surface area contributed by atoms with Crippen LogP contribution in [0.3, 0.4) is 0 Å². The van der Waals surface area contributed by atoms with E-state index in [-0.39, 0.29) is 44.3 Å². The number of nitrogens with zero attached hydrogens (tertiary/aromatic N) is 2. The SMILES string of the molecule is C[C@@H]1NC(=O)[C@@H]2C[C@@H](O)CN2C(=O)[C@@H](Cc2c[nH]c3ccccc23)NC(=O)CN(C(=O)C2CC2)C[C@@H](c2ccccc2)NC1=O. The first-order valence-corrected chi connectivity index (χ1v) is 15.4. The monoisotopic (exact) mass is 614 g/mol. The zero-order valence-electron chi connectivity index (χ0n) is 25.1. The summed E-state index contributed by atoms with van der Waals surface area (Å²) in [6, 6.07) is 13.0. The second-order valence-corrected chi connectivity index (χ2v) is 12.3. The molecule has 5 atom stereocenters. The van der Waals surface area contributed by atoms with Gasteiger partial charge in [0.2, 0.25) is 29.5 Å². The summed E-state index contributed by atoms with van der Waals surface area (Å²) in [5.74, 6) is -2.50. The largest absolute Gasteiger partial charge is 0.391 e. The van der Waals surface area contributed by atoms with Crippen LogP contribution >= 0.6 is 0 Å². The van der Waals surface area contributed by atoms with Crippen molar-refractivity contribution < 1.29 is 29.1 Å². The van der Waals surface area contributed by atoms with Crippen molar-refractivity contribution in [2.24, 2.45) is 5.92 Å². The highest BCUT2D eigenvalue weighted by molar-refractivity contribution is 5.96. The molecule has 0 spiro atoms. The topological polar surface area (TPSA) is 164 Å². The molecule has 3 aromatic rings. The number of fused-ring (bicyclic) bond motifs is 2. The summed E-state index contributed by atoms with van der Waals surface area (Å²) in [5.41, 5.74) is 2.40. The number of hydrogen-bond donors (Lipinski definition) is 5. The lowest BCUT2D eigenvalue weighted by molar-refractivity contribution is -0.142. The van der Waals surface area contributed by atoms with Crippen molar-refractivity contribution in [2.75, 3.05) is 19.6 Å².